The van der Waals surface area contributed by atoms with Gasteiger partial charge in [0.05, 0.1) is 6.04 Å². The monoisotopic (exact) mass is 338 g/mol. The lowest BCUT2D eigenvalue weighted by Crippen LogP contribution is -2.55. The molecule has 0 bridgehead atoms. The Labute approximate surface area is 142 Å². The molecule has 2 rings (SSSR count). The number of ether oxygens (including phenoxy) is 1. The normalized spacial score (nSPS) is 27.7. The van der Waals surface area contributed by atoms with E-state index in [9.17, 15) is 19.5 Å². The Morgan fingerprint density at radius 1 is 1.29 bits per heavy atom. The summed E-state index contributed by atoms with van der Waals surface area (Å²) in [5, 5.41) is 12.0. The highest BCUT2D eigenvalue weighted by Crippen LogP contribution is 2.30. The first kappa shape index (κ1) is 18.3. The van der Waals surface area contributed by atoms with Crippen molar-refractivity contribution in [2.24, 2.45) is 0 Å². The first-order valence-electron chi connectivity index (χ1n) is 8.30. The third-order valence-electron chi connectivity index (χ3n) is 4.26. The molecule has 0 radical (unpaired) electrons. The molecule has 2 aliphatic heterocycles. The van der Waals surface area contributed by atoms with Crippen LogP contribution in [0.5, 0.6) is 0 Å². The molecule has 7 heteroatoms. The summed E-state index contributed by atoms with van der Waals surface area (Å²) in [5.74, 6) is -1.35. The third kappa shape index (κ3) is 4.27. The molecule has 0 spiro atoms. The first-order chi connectivity index (χ1) is 11.1. The molecule has 2 amide bonds. The van der Waals surface area contributed by atoms with Crippen molar-refractivity contribution in [3.8, 4) is 0 Å². The minimum Gasteiger partial charge on any atom is -0.480 e. The summed E-state index contributed by atoms with van der Waals surface area (Å²) in [6.45, 7) is 7.20. The molecule has 0 saturated carbocycles. The van der Waals surface area contributed by atoms with Crippen LogP contribution in [0.15, 0.2) is 11.6 Å². The fourth-order valence-electron chi connectivity index (χ4n) is 3.23. The third-order valence-corrected chi connectivity index (χ3v) is 4.26. The summed E-state index contributed by atoms with van der Waals surface area (Å²) in [5.41, 5.74) is 0.434. The number of nitrogens with one attached hydrogen (secondary N) is 1. The summed E-state index contributed by atoms with van der Waals surface area (Å²) in [6, 6.07) is -1.83. The molecule has 0 aromatic rings. The van der Waals surface area contributed by atoms with Crippen molar-refractivity contribution in [3.05, 3.63) is 11.6 Å². The van der Waals surface area contributed by atoms with Gasteiger partial charge in [0.15, 0.2) is 0 Å². The van der Waals surface area contributed by atoms with Gasteiger partial charge in [-0.2, -0.15) is 0 Å². The van der Waals surface area contributed by atoms with Crippen LogP contribution < -0.4 is 5.32 Å². The van der Waals surface area contributed by atoms with E-state index in [-0.39, 0.29) is 11.9 Å². The SMILES string of the molecule is CC1=CC2CC[C@@H](C(=O)O)N2C(=O)[C@@H](NC(=O)OC(C)(C)C)CC1. The van der Waals surface area contributed by atoms with E-state index in [0.29, 0.717) is 25.7 Å². The van der Waals surface area contributed by atoms with Crippen LogP contribution in [0, 0.1) is 0 Å². The number of nitrogens with zero attached hydrogens (tertiary/aromatic N) is 1. The fraction of sp³-hybridized carbons (Fsp3) is 0.706. The van der Waals surface area contributed by atoms with Crippen LogP contribution in [0.4, 0.5) is 4.79 Å². The van der Waals surface area contributed by atoms with Crippen molar-refractivity contribution in [2.75, 3.05) is 0 Å². The molecule has 3 atom stereocenters. The zero-order valence-corrected chi connectivity index (χ0v) is 14.7. The van der Waals surface area contributed by atoms with Crippen molar-refractivity contribution in [2.45, 2.75) is 77.1 Å². The Morgan fingerprint density at radius 2 is 1.96 bits per heavy atom. The average molecular weight is 338 g/mol. The molecular formula is C17H26N2O5. The van der Waals surface area contributed by atoms with Crippen LogP contribution in [0.25, 0.3) is 0 Å². The maximum atomic E-state index is 12.9. The maximum absolute atomic E-state index is 12.9. The Kier molecular flexibility index (Phi) is 5.20. The Hall–Kier alpha value is -2.05. The van der Waals surface area contributed by atoms with Crippen molar-refractivity contribution >= 4 is 18.0 Å². The quantitative estimate of drug-likeness (QED) is 0.751. The van der Waals surface area contributed by atoms with Gasteiger partial charge in [0.2, 0.25) is 5.91 Å². The number of aliphatic carboxylic acids is 1. The van der Waals surface area contributed by atoms with Crippen molar-refractivity contribution in [3.63, 3.8) is 0 Å². The number of hydrogen-bond donors (Lipinski definition) is 2. The highest BCUT2D eigenvalue weighted by atomic mass is 16.6. The number of carboxylic acids is 1. The zero-order chi connectivity index (χ0) is 18.1. The second kappa shape index (κ2) is 6.83. The molecule has 0 aromatic carbocycles. The number of carboxylic acid groups (broad SMARTS) is 1. The maximum Gasteiger partial charge on any atom is 0.408 e. The largest absolute Gasteiger partial charge is 0.480 e. The van der Waals surface area contributed by atoms with Crippen molar-refractivity contribution in [1.82, 2.24) is 10.2 Å². The predicted octanol–water partition coefficient (Wildman–Crippen LogP) is 2.06. The topological polar surface area (TPSA) is 95.9 Å². The smallest absolute Gasteiger partial charge is 0.408 e. The Balaban J connectivity index is 2.20. The van der Waals surface area contributed by atoms with Crippen LogP contribution in [-0.4, -0.2) is 51.7 Å². The Bertz CT molecular complexity index is 564. The number of carbonyl (C=O) groups is 3. The molecule has 24 heavy (non-hydrogen) atoms. The molecule has 0 aliphatic carbocycles. The van der Waals surface area contributed by atoms with Crippen LogP contribution in [0.3, 0.4) is 0 Å². The molecule has 7 nitrogen and oxygen atoms in total. The second-order valence-corrected chi connectivity index (χ2v) is 7.49. The van der Waals surface area contributed by atoms with Crippen LogP contribution in [0.1, 0.15) is 53.4 Å². The van der Waals surface area contributed by atoms with Crippen LogP contribution in [0.2, 0.25) is 0 Å². The second-order valence-electron chi connectivity index (χ2n) is 7.49. The lowest BCUT2D eigenvalue weighted by molar-refractivity contribution is -0.150. The van der Waals surface area contributed by atoms with Gasteiger partial charge in [0, 0.05) is 0 Å². The summed E-state index contributed by atoms with van der Waals surface area (Å²) in [7, 11) is 0. The highest BCUT2D eigenvalue weighted by Gasteiger charge is 2.43. The van der Waals surface area contributed by atoms with Gasteiger partial charge in [-0.3, -0.25) is 4.79 Å². The standard InChI is InChI=1S/C17H26N2O5/c1-10-5-7-12(18-16(23)24-17(2,3)4)14(20)19-11(9-10)6-8-13(19)15(21)22/h9,11-13H,5-8H2,1-4H3,(H,18,23)(H,21,22)/t11?,12-,13-/m0/s1. The first-order valence-corrected chi connectivity index (χ1v) is 8.30. The van der Waals surface area contributed by atoms with Crippen LogP contribution >= 0.6 is 0 Å². The van der Waals surface area contributed by atoms with E-state index in [0.717, 1.165) is 5.57 Å². The number of rotatable bonds is 2. The number of carbonyl (C=O) groups excluding carboxylic acids is 2. The summed E-state index contributed by atoms with van der Waals surface area (Å²) >= 11 is 0. The van der Waals surface area contributed by atoms with E-state index in [2.05, 4.69) is 5.32 Å². The zero-order valence-electron chi connectivity index (χ0n) is 14.7. The lowest BCUT2D eigenvalue weighted by atomic mass is 9.99. The van der Waals surface area contributed by atoms with Gasteiger partial charge in [-0.1, -0.05) is 11.6 Å². The van der Waals surface area contributed by atoms with E-state index in [1.165, 1.54) is 4.90 Å². The minimum atomic E-state index is -1.01. The van der Waals surface area contributed by atoms with Crippen LogP contribution in [-0.2, 0) is 14.3 Å². The number of fused-ring (bicyclic) bond motifs is 1. The molecule has 2 aliphatic rings. The molecular weight excluding hydrogens is 312 g/mol. The van der Waals surface area contributed by atoms with Gasteiger partial charge in [0.1, 0.15) is 17.7 Å². The molecule has 1 saturated heterocycles. The van der Waals surface area contributed by atoms with E-state index in [1.807, 2.05) is 13.0 Å². The molecule has 0 aromatic heterocycles. The van der Waals surface area contributed by atoms with Gasteiger partial charge in [-0.15, -0.1) is 0 Å². The number of hydrogen-bond acceptors (Lipinski definition) is 4. The number of amides is 2. The van der Waals surface area contributed by atoms with E-state index < -0.39 is 29.7 Å². The average Bonchev–Trinajstić information content (AvgIpc) is 2.82. The molecule has 1 fully saturated rings. The van der Waals surface area contributed by atoms with Gasteiger partial charge in [-0.05, 0) is 53.4 Å². The van der Waals surface area contributed by atoms with Gasteiger partial charge in [-0.25, -0.2) is 9.59 Å². The molecule has 2 N–H and O–H groups in total. The molecule has 134 valence electrons. The Morgan fingerprint density at radius 3 is 2.54 bits per heavy atom. The molecule has 2 heterocycles. The van der Waals surface area contributed by atoms with Gasteiger partial charge < -0.3 is 20.1 Å². The van der Waals surface area contributed by atoms with E-state index >= 15 is 0 Å². The van der Waals surface area contributed by atoms with Gasteiger partial charge in [0.25, 0.3) is 0 Å². The van der Waals surface area contributed by atoms with Crippen molar-refractivity contribution < 1.29 is 24.2 Å². The van der Waals surface area contributed by atoms with Gasteiger partial charge >= 0.3 is 12.1 Å². The molecule has 1 unspecified atom stereocenters. The van der Waals surface area contributed by atoms with E-state index in [1.54, 1.807) is 20.8 Å². The van der Waals surface area contributed by atoms with Crippen molar-refractivity contribution in [1.29, 1.82) is 0 Å². The highest BCUT2D eigenvalue weighted by molar-refractivity contribution is 5.90. The summed E-state index contributed by atoms with van der Waals surface area (Å²) in [4.78, 5) is 37.8. The summed E-state index contributed by atoms with van der Waals surface area (Å²) < 4.78 is 5.22. The summed E-state index contributed by atoms with van der Waals surface area (Å²) in [6.07, 6.45) is 3.47. The lowest BCUT2D eigenvalue weighted by Gasteiger charge is -2.33. The number of allylic oxidation sites excluding steroid dienone is 1. The predicted molar refractivity (Wildman–Crippen MR) is 87.4 cm³/mol. The minimum absolute atomic E-state index is 0.221. The fourth-order valence-corrected chi connectivity index (χ4v) is 3.23. The van der Waals surface area contributed by atoms with E-state index in [4.69, 9.17) is 4.74 Å². The number of alkyl carbamates (subject to hydrolysis) is 1.